The number of hydrogen-bond acceptors (Lipinski definition) is 6. The van der Waals surface area contributed by atoms with Gasteiger partial charge < -0.3 is 10.6 Å². The number of anilines is 1. The number of fused-ring (bicyclic) bond motifs is 1. The Kier molecular flexibility index (Phi) is 5.32. The molecule has 1 aliphatic rings. The average molecular weight is 359 g/mol. The first-order chi connectivity index (χ1) is 12.0. The summed E-state index contributed by atoms with van der Waals surface area (Å²) < 4.78 is 0. The van der Waals surface area contributed by atoms with Gasteiger partial charge in [-0.2, -0.15) is 0 Å². The number of aromatic nitrogens is 3. The molecule has 0 atom stereocenters. The van der Waals surface area contributed by atoms with Gasteiger partial charge in [-0.1, -0.05) is 27.7 Å². The predicted octanol–water partition coefficient (Wildman–Crippen LogP) is 3.12. The Balaban J connectivity index is 1.75. The zero-order chi connectivity index (χ0) is 18.0. The maximum atomic E-state index is 12.1. The second-order valence-electron chi connectivity index (χ2n) is 6.92. The number of thiazole rings is 1. The number of hydrogen-bond donors (Lipinski definition) is 2. The standard InChI is InChI=1S/C18H25N5OS/c1-10(2)13-9-25-14(21-13)6-8-19-17-12-5-7-20-18(24)15(12)22-16(23-17)11(3)4/h9-11H,5-8H2,1-4H3,(H,20,24)(H,19,22,23). The van der Waals surface area contributed by atoms with E-state index in [0.717, 1.165) is 41.5 Å². The Morgan fingerprint density at radius 1 is 1.20 bits per heavy atom. The van der Waals surface area contributed by atoms with Crippen LogP contribution in [0.15, 0.2) is 5.38 Å². The van der Waals surface area contributed by atoms with E-state index in [1.807, 2.05) is 13.8 Å². The fourth-order valence-corrected chi connectivity index (χ4v) is 3.67. The molecule has 1 aliphatic heterocycles. The Hall–Kier alpha value is -2.02. The quantitative estimate of drug-likeness (QED) is 0.828. The molecule has 2 N–H and O–H groups in total. The zero-order valence-electron chi connectivity index (χ0n) is 15.2. The Bertz CT molecular complexity index is 769. The summed E-state index contributed by atoms with van der Waals surface area (Å²) in [5.41, 5.74) is 2.59. The number of nitrogens with one attached hydrogen (secondary N) is 2. The van der Waals surface area contributed by atoms with Crippen LogP contribution in [0.4, 0.5) is 5.82 Å². The number of carbonyl (C=O) groups is 1. The van der Waals surface area contributed by atoms with Crippen LogP contribution in [0.2, 0.25) is 0 Å². The third-order valence-electron chi connectivity index (χ3n) is 4.21. The van der Waals surface area contributed by atoms with Crippen molar-refractivity contribution in [2.45, 2.75) is 52.4 Å². The summed E-state index contributed by atoms with van der Waals surface area (Å²) in [5.74, 6) is 2.03. The Labute approximate surface area is 152 Å². The van der Waals surface area contributed by atoms with E-state index < -0.39 is 0 Å². The van der Waals surface area contributed by atoms with Gasteiger partial charge in [0.1, 0.15) is 17.3 Å². The molecule has 1 amide bonds. The maximum Gasteiger partial charge on any atom is 0.270 e. The van der Waals surface area contributed by atoms with Gasteiger partial charge in [-0.05, 0) is 12.3 Å². The molecular weight excluding hydrogens is 334 g/mol. The monoisotopic (exact) mass is 359 g/mol. The van der Waals surface area contributed by atoms with Crippen LogP contribution in [-0.2, 0) is 12.8 Å². The molecular formula is C18H25N5OS. The van der Waals surface area contributed by atoms with Crippen LogP contribution in [0.1, 0.15) is 72.1 Å². The van der Waals surface area contributed by atoms with Crippen molar-refractivity contribution in [2.75, 3.05) is 18.4 Å². The van der Waals surface area contributed by atoms with Crippen molar-refractivity contribution in [1.29, 1.82) is 0 Å². The van der Waals surface area contributed by atoms with Crippen molar-refractivity contribution in [3.8, 4) is 0 Å². The number of rotatable bonds is 6. The van der Waals surface area contributed by atoms with Crippen molar-refractivity contribution < 1.29 is 4.79 Å². The van der Waals surface area contributed by atoms with E-state index in [0.29, 0.717) is 24.0 Å². The van der Waals surface area contributed by atoms with Crippen molar-refractivity contribution >= 4 is 23.1 Å². The van der Waals surface area contributed by atoms with Gasteiger partial charge in [0.25, 0.3) is 5.91 Å². The molecule has 25 heavy (non-hydrogen) atoms. The maximum absolute atomic E-state index is 12.1. The summed E-state index contributed by atoms with van der Waals surface area (Å²) >= 11 is 1.70. The first-order valence-electron chi connectivity index (χ1n) is 8.83. The Morgan fingerprint density at radius 3 is 2.68 bits per heavy atom. The molecule has 0 aliphatic carbocycles. The molecule has 0 saturated carbocycles. The summed E-state index contributed by atoms with van der Waals surface area (Å²) in [6.07, 6.45) is 1.61. The van der Waals surface area contributed by atoms with Crippen molar-refractivity contribution in [3.05, 3.63) is 33.2 Å². The second-order valence-corrected chi connectivity index (χ2v) is 7.86. The normalized spacial score (nSPS) is 13.9. The molecule has 134 valence electrons. The second kappa shape index (κ2) is 7.47. The fraction of sp³-hybridized carbons (Fsp3) is 0.556. The summed E-state index contributed by atoms with van der Waals surface area (Å²) in [5, 5.41) is 9.53. The minimum atomic E-state index is -0.102. The van der Waals surface area contributed by atoms with Gasteiger partial charge in [0.2, 0.25) is 0 Å². The molecule has 3 heterocycles. The highest BCUT2D eigenvalue weighted by molar-refractivity contribution is 7.09. The van der Waals surface area contributed by atoms with E-state index in [1.165, 1.54) is 0 Å². The third-order valence-corrected chi connectivity index (χ3v) is 5.14. The zero-order valence-corrected chi connectivity index (χ0v) is 16.0. The fourth-order valence-electron chi connectivity index (χ4n) is 2.71. The van der Waals surface area contributed by atoms with Crippen molar-refractivity contribution in [3.63, 3.8) is 0 Å². The van der Waals surface area contributed by atoms with Gasteiger partial charge in [0.15, 0.2) is 0 Å². The highest BCUT2D eigenvalue weighted by atomic mass is 32.1. The molecule has 0 unspecified atom stereocenters. The third kappa shape index (κ3) is 3.98. The van der Waals surface area contributed by atoms with E-state index in [9.17, 15) is 4.79 Å². The summed E-state index contributed by atoms with van der Waals surface area (Å²) in [4.78, 5) is 25.9. The van der Waals surface area contributed by atoms with Crippen LogP contribution in [-0.4, -0.2) is 33.9 Å². The van der Waals surface area contributed by atoms with E-state index >= 15 is 0 Å². The number of amides is 1. The van der Waals surface area contributed by atoms with E-state index in [-0.39, 0.29) is 11.8 Å². The van der Waals surface area contributed by atoms with Crippen LogP contribution < -0.4 is 10.6 Å². The molecule has 0 radical (unpaired) electrons. The van der Waals surface area contributed by atoms with Gasteiger partial charge >= 0.3 is 0 Å². The van der Waals surface area contributed by atoms with Crippen molar-refractivity contribution in [1.82, 2.24) is 20.3 Å². The first-order valence-corrected chi connectivity index (χ1v) is 9.70. The lowest BCUT2D eigenvalue weighted by atomic mass is 10.1. The molecule has 0 bridgehead atoms. The van der Waals surface area contributed by atoms with Crippen LogP contribution in [0.25, 0.3) is 0 Å². The van der Waals surface area contributed by atoms with Crippen LogP contribution in [0, 0.1) is 0 Å². The van der Waals surface area contributed by atoms with Gasteiger partial charge in [0, 0.05) is 36.4 Å². The molecule has 6 nitrogen and oxygen atoms in total. The minimum Gasteiger partial charge on any atom is -0.369 e. The first kappa shape index (κ1) is 17.8. The molecule has 7 heteroatoms. The SMILES string of the molecule is CC(C)c1csc(CCNc2nc(C(C)C)nc3c2CCNC3=O)n1. The molecule has 0 saturated heterocycles. The highest BCUT2D eigenvalue weighted by Crippen LogP contribution is 2.23. The van der Waals surface area contributed by atoms with Gasteiger partial charge in [-0.15, -0.1) is 11.3 Å². The van der Waals surface area contributed by atoms with Gasteiger partial charge in [-0.3, -0.25) is 4.79 Å². The molecule has 0 aromatic carbocycles. The average Bonchev–Trinajstić information content (AvgIpc) is 3.04. The lowest BCUT2D eigenvalue weighted by Crippen LogP contribution is -2.34. The van der Waals surface area contributed by atoms with Crippen LogP contribution in [0.3, 0.4) is 0 Å². The van der Waals surface area contributed by atoms with Crippen LogP contribution in [0.5, 0.6) is 0 Å². The molecule has 0 spiro atoms. The predicted molar refractivity (Wildman–Crippen MR) is 101 cm³/mol. The topological polar surface area (TPSA) is 79.8 Å². The number of carbonyl (C=O) groups excluding carboxylic acids is 1. The molecule has 2 aromatic heterocycles. The van der Waals surface area contributed by atoms with Crippen molar-refractivity contribution in [2.24, 2.45) is 0 Å². The lowest BCUT2D eigenvalue weighted by molar-refractivity contribution is 0.0940. The Morgan fingerprint density at radius 2 is 2.00 bits per heavy atom. The summed E-state index contributed by atoms with van der Waals surface area (Å²) in [7, 11) is 0. The van der Waals surface area contributed by atoms with Gasteiger partial charge in [-0.25, -0.2) is 15.0 Å². The minimum absolute atomic E-state index is 0.102. The molecule has 2 aromatic rings. The van der Waals surface area contributed by atoms with Crippen LogP contribution >= 0.6 is 11.3 Å². The van der Waals surface area contributed by atoms with Gasteiger partial charge in [0.05, 0.1) is 10.7 Å². The van der Waals surface area contributed by atoms with E-state index in [2.05, 4.69) is 44.8 Å². The summed E-state index contributed by atoms with van der Waals surface area (Å²) in [6.45, 7) is 9.76. The van der Waals surface area contributed by atoms with E-state index in [4.69, 9.17) is 0 Å². The summed E-state index contributed by atoms with van der Waals surface area (Å²) in [6, 6.07) is 0. The highest BCUT2D eigenvalue weighted by Gasteiger charge is 2.24. The molecule has 3 rings (SSSR count). The lowest BCUT2D eigenvalue weighted by Gasteiger charge is -2.20. The smallest absolute Gasteiger partial charge is 0.270 e. The molecule has 0 fully saturated rings. The number of nitrogens with zero attached hydrogens (tertiary/aromatic N) is 3. The largest absolute Gasteiger partial charge is 0.369 e. The van der Waals surface area contributed by atoms with E-state index in [1.54, 1.807) is 11.3 Å².